The molecule has 0 radical (unpaired) electrons. The average Bonchev–Trinajstić information content (AvgIpc) is 2.49. The molecule has 0 spiro atoms. The van der Waals surface area contributed by atoms with E-state index in [1.165, 1.54) is 11.1 Å². The molecule has 6 heteroatoms. The van der Waals surface area contributed by atoms with Gasteiger partial charge in [0.1, 0.15) is 0 Å². The van der Waals surface area contributed by atoms with Gasteiger partial charge >= 0.3 is 14.7 Å². The van der Waals surface area contributed by atoms with Gasteiger partial charge in [0.15, 0.2) is 6.10 Å². The molecular weight excluding hydrogens is 327 g/mol. The second kappa shape index (κ2) is 14.1. The Kier molecular flexibility index (Phi) is 13.3. The van der Waals surface area contributed by atoms with Crippen molar-refractivity contribution in [2.75, 3.05) is 13.2 Å². The largest absolute Gasteiger partial charge is 0.479 e. The summed E-state index contributed by atoms with van der Waals surface area (Å²) in [5, 5.41) is 8.93. The van der Waals surface area contributed by atoms with Crippen LogP contribution in [0, 0.1) is 0 Å². The number of hydrogen-bond donors (Lipinski definition) is 1. The number of ether oxygens (including phenoxy) is 1. The smallest absolute Gasteiger partial charge is 0.335 e. The molecular formula is C18H29O5P. The van der Waals surface area contributed by atoms with Crippen molar-refractivity contribution >= 4 is 14.7 Å². The Hall–Kier alpha value is -1.29. The normalized spacial score (nSPS) is 13.8. The van der Waals surface area contributed by atoms with E-state index in [0.717, 1.165) is 31.3 Å². The summed E-state index contributed by atoms with van der Waals surface area (Å²) in [6.45, 7) is 8.32. The average molecular weight is 356 g/mol. The molecule has 1 atom stereocenters. The van der Waals surface area contributed by atoms with E-state index < -0.39 is 20.8 Å². The molecule has 0 fully saturated rings. The molecule has 5 nitrogen and oxygen atoms in total. The van der Waals surface area contributed by atoms with Gasteiger partial charge in [-0.25, -0.2) is 9.36 Å². The Labute approximate surface area is 146 Å². The molecule has 1 N–H and O–H groups in total. The Balaban J connectivity index is 4.11. The van der Waals surface area contributed by atoms with E-state index in [1.54, 1.807) is 0 Å². The Morgan fingerprint density at radius 1 is 1.04 bits per heavy atom. The van der Waals surface area contributed by atoms with Crippen LogP contribution in [-0.4, -0.2) is 30.4 Å². The van der Waals surface area contributed by atoms with Crippen molar-refractivity contribution in [3.8, 4) is 0 Å². The van der Waals surface area contributed by atoms with Gasteiger partial charge in [-0.15, -0.1) is 0 Å². The van der Waals surface area contributed by atoms with E-state index in [9.17, 15) is 9.36 Å². The molecule has 0 aromatic carbocycles. The second-order valence-electron chi connectivity index (χ2n) is 5.99. The Bertz CT molecular complexity index is 476. The lowest BCUT2D eigenvalue weighted by molar-refractivity contribution is -0.151. The molecule has 0 aliphatic rings. The van der Waals surface area contributed by atoms with Gasteiger partial charge in [-0.2, -0.15) is 0 Å². The molecule has 0 saturated carbocycles. The molecule has 0 rings (SSSR count). The minimum atomic E-state index is -1.13. The third kappa shape index (κ3) is 13.2. The zero-order valence-corrected chi connectivity index (χ0v) is 16.0. The van der Waals surface area contributed by atoms with Gasteiger partial charge in [-0.05, 0) is 53.4 Å². The third-order valence-corrected chi connectivity index (χ3v) is 3.66. The van der Waals surface area contributed by atoms with Crippen molar-refractivity contribution in [3.05, 3.63) is 34.9 Å². The zero-order chi connectivity index (χ0) is 18.4. The predicted molar refractivity (Wildman–Crippen MR) is 96.3 cm³/mol. The van der Waals surface area contributed by atoms with Crippen molar-refractivity contribution < 1.29 is 23.7 Å². The molecule has 0 bridgehead atoms. The first-order chi connectivity index (χ1) is 11.4. The lowest BCUT2D eigenvalue weighted by atomic mass is 10.1. The quantitative estimate of drug-likeness (QED) is 0.367. The summed E-state index contributed by atoms with van der Waals surface area (Å²) in [6.07, 6.45) is 9.29. The monoisotopic (exact) mass is 356 g/mol. The fourth-order valence-electron chi connectivity index (χ4n) is 1.93. The SMILES string of the molecule is CC(C)=CCC/C(C)=C/CC/C(C)=C\CO[C@H](COP=O)C(=O)O. The predicted octanol–water partition coefficient (Wildman–Crippen LogP) is 5.10. The summed E-state index contributed by atoms with van der Waals surface area (Å²) < 4.78 is 19.9. The topological polar surface area (TPSA) is 72.8 Å². The van der Waals surface area contributed by atoms with Gasteiger partial charge in [0.2, 0.25) is 0 Å². The van der Waals surface area contributed by atoms with Gasteiger partial charge in [0.05, 0.1) is 13.2 Å². The van der Waals surface area contributed by atoms with Crippen LogP contribution >= 0.6 is 8.69 Å². The number of allylic oxidation sites excluding steroid dienone is 5. The summed E-state index contributed by atoms with van der Waals surface area (Å²) in [6, 6.07) is 0. The van der Waals surface area contributed by atoms with Gasteiger partial charge in [-0.1, -0.05) is 34.9 Å². The van der Waals surface area contributed by atoms with Crippen LogP contribution in [0.5, 0.6) is 0 Å². The lowest BCUT2D eigenvalue weighted by Gasteiger charge is -2.10. The van der Waals surface area contributed by atoms with Gasteiger partial charge in [0.25, 0.3) is 0 Å². The highest BCUT2D eigenvalue weighted by Gasteiger charge is 2.17. The van der Waals surface area contributed by atoms with Crippen LogP contribution in [0.25, 0.3) is 0 Å². The highest BCUT2D eigenvalue weighted by atomic mass is 31.1. The van der Waals surface area contributed by atoms with E-state index in [2.05, 4.69) is 37.4 Å². The molecule has 0 heterocycles. The van der Waals surface area contributed by atoms with Crippen molar-refractivity contribution in [2.24, 2.45) is 0 Å². The maximum absolute atomic E-state index is 10.9. The number of carboxylic acids is 1. The summed E-state index contributed by atoms with van der Waals surface area (Å²) >= 11 is 0. The number of hydrogen-bond acceptors (Lipinski definition) is 4. The van der Waals surface area contributed by atoms with E-state index in [4.69, 9.17) is 9.84 Å². The van der Waals surface area contributed by atoms with Crippen LogP contribution in [0.3, 0.4) is 0 Å². The van der Waals surface area contributed by atoms with Crippen molar-refractivity contribution in [1.29, 1.82) is 0 Å². The first-order valence-corrected chi connectivity index (χ1v) is 8.83. The number of aliphatic carboxylic acids is 1. The molecule has 24 heavy (non-hydrogen) atoms. The van der Waals surface area contributed by atoms with Crippen LogP contribution < -0.4 is 0 Å². The molecule has 136 valence electrons. The molecule has 0 aromatic rings. The standard InChI is InChI=1S/C18H29O5P/c1-14(2)7-5-8-15(3)9-6-10-16(4)11-12-22-17(18(19)20)13-23-24-21/h7,9,11,17H,5-6,8,10,12-13H2,1-4H3,(H,19,20)/b15-9+,16-11-/t17-/m1/s1. The third-order valence-electron chi connectivity index (χ3n) is 3.41. The van der Waals surface area contributed by atoms with E-state index in [-0.39, 0.29) is 13.2 Å². The minimum Gasteiger partial charge on any atom is -0.479 e. The van der Waals surface area contributed by atoms with Gasteiger partial charge in [0, 0.05) is 0 Å². The van der Waals surface area contributed by atoms with Crippen LogP contribution in [0.4, 0.5) is 0 Å². The number of carbonyl (C=O) groups is 1. The summed E-state index contributed by atoms with van der Waals surface area (Å²) in [4.78, 5) is 10.9. The Morgan fingerprint density at radius 2 is 1.62 bits per heavy atom. The number of rotatable bonds is 13. The van der Waals surface area contributed by atoms with Crippen LogP contribution in [0.2, 0.25) is 0 Å². The highest BCUT2D eigenvalue weighted by Crippen LogP contribution is 2.11. The summed E-state index contributed by atoms with van der Waals surface area (Å²) in [7, 11) is -0.545. The van der Waals surface area contributed by atoms with E-state index in [0.29, 0.717) is 0 Å². The fourth-order valence-corrected chi connectivity index (χ4v) is 2.13. The maximum atomic E-state index is 10.9. The molecule has 0 aliphatic carbocycles. The highest BCUT2D eigenvalue weighted by molar-refractivity contribution is 7.17. The summed E-state index contributed by atoms with van der Waals surface area (Å²) in [5.74, 6) is -1.13. The second-order valence-corrected chi connectivity index (χ2v) is 6.40. The lowest BCUT2D eigenvalue weighted by Crippen LogP contribution is -2.28. The van der Waals surface area contributed by atoms with Crippen molar-refractivity contribution in [2.45, 2.75) is 59.5 Å². The zero-order valence-electron chi connectivity index (χ0n) is 15.1. The van der Waals surface area contributed by atoms with Crippen LogP contribution in [0.1, 0.15) is 53.4 Å². The first kappa shape index (κ1) is 22.7. The molecule has 0 aliphatic heterocycles. The van der Waals surface area contributed by atoms with Gasteiger partial charge in [-0.3, -0.25) is 4.52 Å². The van der Waals surface area contributed by atoms with Crippen molar-refractivity contribution in [1.82, 2.24) is 0 Å². The molecule has 0 unspecified atom stereocenters. The molecule has 0 aromatic heterocycles. The first-order valence-electron chi connectivity index (χ1n) is 8.10. The summed E-state index contributed by atoms with van der Waals surface area (Å²) in [5.41, 5.74) is 3.88. The fraction of sp³-hybridized carbons (Fsp3) is 0.611. The molecule has 0 saturated heterocycles. The van der Waals surface area contributed by atoms with Crippen LogP contribution in [0.15, 0.2) is 34.9 Å². The Morgan fingerprint density at radius 3 is 2.17 bits per heavy atom. The maximum Gasteiger partial charge on any atom is 0.335 e. The van der Waals surface area contributed by atoms with Crippen molar-refractivity contribution in [3.63, 3.8) is 0 Å². The van der Waals surface area contributed by atoms with Gasteiger partial charge < -0.3 is 9.84 Å². The van der Waals surface area contributed by atoms with E-state index in [1.807, 2.05) is 13.0 Å². The number of carboxylic acid groups (broad SMARTS) is 1. The molecule has 0 amide bonds. The minimum absolute atomic E-state index is 0.200. The van der Waals surface area contributed by atoms with E-state index >= 15 is 0 Å². The van der Waals surface area contributed by atoms with Crippen LogP contribution in [-0.2, 0) is 18.6 Å².